The standard InChI is InChI=1S/C30H31N7O2/c1-38-23-9-5-21(6-10-23)36(33)17-27(31)19-3-13-29-25(15-19)26-16-20(4-14-30(26)35-29)28(32)18-37(34)22-7-11-24(39-2)12-8-22/h3-18,35H,31-34H2,1-2H3/b27-17-,28-18-. The van der Waals surface area contributed by atoms with Gasteiger partial charge in [-0.2, -0.15) is 0 Å². The molecule has 0 fully saturated rings. The third kappa shape index (κ3) is 5.30. The van der Waals surface area contributed by atoms with E-state index in [2.05, 4.69) is 4.98 Å². The van der Waals surface area contributed by atoms with Crippen molar-refractivity contribution < 1.29 is 9.47 Å². The molecule has 0 amide bonds. The summed E-state index contributed by atoms with van der Waals surface area (Å²) in [6.07, 6.45) is 3.39. The first-order chi connectivity index (χ1) is 18.9. The molecule has 1 aromatic heterocycles. The maximum absolute atomic E-state index is 6.45. The Morgan fingerprint density at radius 2 is 1.00 bits per heavy atom. The van der Waals surface area contributed by atoms with Crippen LogP contribution in [0.15, 0.2) is 97.3 Å². The summed E-state index contributed by atoms with van der Waals surface area (Å²) in [6.45, 7) is 0. The number of H-pyrrole nitrogens is 1. The lowest BCUT2D eigenvalue weighted by Crippen LogP contribution is -2.25. The topological polar surface area (TPSA) is 145 Å². The Morgan fingerprint density at radius 1 is 0.615 bits per heavy atom. The summed E-state index contributed by atoms with van der Waals surface area (Å²) in [5, 5.41) is 5.00. The zero-order valence-electron chi connectivity index (χ0n) is 21.8. The molecule has 0 bridgehead atoms. The van der Waals surface area contributed by atoms with Crippen LogP contribution in [0.3, 0.4) is 0 Å². The number of nitrogens with one attached hydrogen (secondary N) is 1. The zero-order valence-corrected chi connectivity index (χ0v) is 21.8. The molecule has 39 heavy (non-hydrogen) atoms. The molecule has 0 unspecified atom stereocenters. The smallest absolute Gasteiger partial charge is 0.119 e. The van der Waals surface area contributed by atoms with Crippen molar-refractivity contribution in [2.24, 2.45) is 23.2 Å². The summed E-state index contributed by atoms with van der Waals surface area (Å²) in [6, 6.07) is 26.8. The highest BCUT2D eigenvalue weighted by Crippen LogP contribution is 2.30. The molecular formula is C30H31N7O2. The second kappa shape index (κ2) is 10.7. The predicted octanol–water partition coefficient (Wildman–Crippen LogP) is 4.61. The highest BCUT2D eigenvalue weighted by Gasteiger charge is 2.10. The van der Waals surface area contributed by atoms with Crippen LogP contribution < -0.4 is 42.6 Å². The van der Waals surface area contributed by atoms with Crippen molar-refractivity contribution >= 4 is 44.6 Å². The molecule has 5 aromatic rings. The van der Waals surface area contributed by atoms with Gasteiger partial charge in [0.25, 0.3) is 0 Å². The van der Waals surface area contributed by atoms with Crippen LogP contribution in [0, 0.1) is 0 Å². The molecule has 9 N–H and O–H groups in total. The molecule has 0 spiro atoms. The van der Waals surface area contributed by atoms with Gasteiger partial charge in [0.2, 0.25) is 0 Å². The number of ether oxygens (including phenoxy) is 2. The van der Waals surface area contributed by atoms with Crippen molar-refractivity contribution in [2.45, 2.75) is 0 Å². The number of hydrogen-bond acceptors (Lipinski definition) is 8. The molecule has 1 heterocycles. The summed E-state index contributed by atoms with van der Waals surface area (Å²) < 4.78 is 10.4. The number of methoxy groups -OCH3 is 2. The summed E-state index contributed by atoms with van der Waals surface area (Å²) in [5.41, 5.74) is 19.2. The van der Waals surface area contributed by atoms with E-state index in [4.69, 9.17) is 32.6 Å². The third-order valence-corrected chi connectivity index (χ3v) is 6.56. The molecule has 9 nitrogen and oxygen atoms in total. The number of aromatic amines is 1. The number of benzene rings is 4. The predicted molar refractivity (Wildman–Crippen MR) is 159 cm³/mol. The minimum Gasteiger partial charge on any atom is -0.497 e. The average Bonchev–Trinajstić information content (AvgIpc) is 3.34. The van der Waals surface area contributed by atoms with Crippen LogP contribution in [-0.4, -0.2) is 19.2 Å². The number of rotatable bonds is 8. The average molecular weight is 522 g/mol. The van der Waals surface area contributed by atoms with Crippen LogP contribution in [0.25, 0.3) is 33.2 Å². The molecule has 5 rings (SSSR count). The van der Waals surface area contributed by atoms with Gasteiger partial charge in [-0.05, 0) is 83.9 Å². The molecule has 0 aliphatic rings. The first-order valence-electron chi connectivity index (χ1n) is 12.2. The Morgan fingerprint density at radius 3 is 1.36 bits per heavy atom. The van der Waals surface area contributed by atoms with Gasteiger partial charge in [-0.3, -0.25) is 10.0 Å². The van der Waals surface area contributed by atoms with Gasteiger partial charge in [-0.25, -0.2) is 11.7 Å². The van der Waals surface area contributed by atoms with Crippen molar-refractivity contribution in [1.29, 1.82) is 0 Å². The SMILES string of the molecule is COc1ccc(N(N)/C=C(\N)c2ccc3[nH]c4ccc(/C(N)=C/N(N)c5ccc(OC)cc5)cc4c3c2)cc1. The van der Waals surface area contributed by atoms with E-state index in [0.717, 1.165) is 55.8 Å². The number of anilines is 2. The van der Waals surface area contributed by atoms with E-state index in [9.17, 15) is 0 Å². The first kappa shape index (κ1) is 25.5. The van der Waals surface area contributed by atoms with E-state index >= 15 is 0 Å². The number of nitrogens with two attached hydrogens (primary N) is 4. The Balaban J connectivity index is 1.44. The van der Waals surface area contributed by atoms with Crippen molar-refractivity contribution in [3.63, 3.8) is 0 Å². The fourth-order valence-electron chi connectivity index (χ4n) is 4.36. The number of fused-ring (bicyclic) bond motifs is 3. The Hall–Kier alpha value is -5.12. The van der Waals surface area contributed by atoms with Gasteiger partial charge < -0.3 is 25.9 Å². The highest BCUT2D eigenvalue weighted by atomic mass is 16.5. The normalized spacial score (nSPS) is 12.1. The fourth-order valence-corrected chi connectivity index (χ4v) is 4.36. The van der Waals surface area contributed by atoms with E-state index in [1.54, 1.807) is 26.6 Å². The molecule has 0 radical (unpaired) electrons. The minimum atomic E-state index is 0.526. The van der Waals surface area contributed by atoms with Gasteiger partial charge >= 0.3 is 0 Å². The first-order valence-corrected chi connectivity index (χ1v) is 12.2. The maximum Gasteiger partial charge on any atom is 0.119 e. The summed E-state index contributed by atoms with van der Waals surface area (Å²) >= 11 is 0. The molecular weight excluding hydrogens is 490 g/mol. The van der Waals surface area contributed by atoms with Crippen molar-refractivity contribution in [1.82, 2.24) is 4.98 Å². The Kier molecular flexibility index (Phi) is 7.00. The third-order valence-electron chi connectivity index (χ3n) is 6.56. The largest absolute Gasteiger partial charge is 0.497 e. The van der Waals surface area contributed by atoms with Crippen LogP contribution in [0.1, 0.15) is 11.1 Å². The van der Waals surface area contributed by atoms with Crippen LogP contribution in [0.5, 0.6) is 11.5 Å². The van der Waals surface area contributed by atoms with Crippen molar-refractivity contribution in [3.05, 3.63) is 108 Å². The quantitative estimate of drug-likeness (QED) is 0.147. The van der Waals surface area contributed by atoms with Crippen molar-refractivity contribution in [2.75, 3.05) is 24.2 Å². The van der Waals surface area contributed by atoms with E-state index in [1.165, 1.54) is 10.0 Å². The number of hydrogen-bond donors (Lipinski definition) is 5. The Bertz CT molecular complexity index is 1550. The van der Waals surface area contributed by atoms with Gasteiger partial charge in [0.05, 0.1) is 37.0 Å². The van der Waals surface area contributed by atoms with Gasteiger partial charge in [-0.15, -0.1) is 0 Å². The lowest BCUT2D eigenvalue weighted by Gasteiger charge is -2.16. The highest BCUT2D eigenvalue weighted by molar-refractivity contribution is 6.08. The molecule has 4 aromatic carbocycles. The summed E-state index contributed by atoms with van der Waals surface area (Å²) in [7, 11) is 3.24. The van der Waals surface area contributed by atoms with E-state index in [0.29, 0.717) is 11.4 Å². The van der Waals surface area contributed by atoms with Gasteiger partial charge in [0, 0.05) is 34.2 Å². The van der Waals surface area contributed by atoms with Crippen LogP contribution in [0.4, 0.5) is 11.4 Å². The van der Waals surface area contributed by atoms with Gasteiger partial charge in [0.15, 0.2) is 0 Å². The lowest BCUT2D eigenvalue weighted by molar-refractivity contribution is 0.414. The van der Waals surface area contributed by atoms with Gasteiger partial charge in [-0.1, -0.05) is 12.1 Å². The number of hydrazine groups is 2. The monoisotopic (exact) mass is 521 g/mol. The molecule has 9 heteroatoms. The molecule has 0 saturated carbocycles. The van der Waals surface area contributed by atoms with Crippen molar-refractivity contribution in [3.8, 4) is 11.5 Å². The molecule has 198 valence electrons. The minimum absolute atomic E-state index is 0.526. The zero-order chi connectivity index (χ0) is 27.5. The van der Waals surface area contributed by atoms with E-state index < -0.39 is 0 Å². The summed E-state index contributed by atoms with van der Waals surface area (Å²) in [4.78, 5) is 3.45. The van der Waals surface area contributed by atoms with Crippen LogP contribution >= 0.6 is 0 Å². The van der Waals surface area contributed by atoms with Gasteiger partial charge in [0.1, 0.15) is 11.5 Å². The van der Waals surface area contributed by atoms with Crippen LogP contribution in [0.2, 0.25) is 0 Å². The number of nitrogens with zero attached hydrogens (tertiary/aromatic N) is 2. The molecule has 0 aliphatic heterocycles. The van der Waals surface area contributed by atoms with Crippen LogP contribution in [-0.2, 0) is 0 Å². The molecule has 0 saturated heterocycles. The number of aromatic nitrogens is 1. The van der Waals surface area contributed by atoms with E-state index in [1.807, 2.05) is 84.9 Å². The second-order valence-corrected chi connectivity index (χ2v) is 9.03. The summed E-state index contributed by atoms with van der Waals surface area (Å²) in [5.74, 6) is 14.0. The van der Waals surface area contributed by atoms with E-state index in [-0.39, 0.29) is 0 Å². The maximum atomic E-state index is 6.45. The lowest BCUT2D eigenvalue weighted by atomic mass is 10.0. The Labute approximate surface area is 226 Å². The second-order valence-electron chi connectivity index (χ2n) is 9.03. The molecule has 0 atom stereocenters. The fraction of sp³-hybridized carbons (Fsp3) is 0.0667. The molecule has 0 aliphatic carbocycles.